The van der Waals surface area contributed by atoms with Crippen LogP contribution in [0.1, 0.15) is 63.6 Å². The predicted molar refractivity (Wildman–Crippen MR) is 158 cm³/mol. The zero-order chi connectivity index (χ0) is 32.7. The first-order valence-corrected chi connectivity index (χ1v) is 14.2. The van der Waals surface area contributed by atoms with E-state index in [9.17, 15) is 39.6 Å². The molecule has 0 spiro atoms. The molecule has 3 aliphatic carbocycles. The number of carbonyl (C=O) groups excluding carboxylic acids is 4. The number of phenols is 1. The maximum atomic E-state index is 14.5. The number of ketones is 2. The lowest BCUT2D eigenvalue weighted by Crippen LogP contribution is -2.71. The van der Waals surface area contributed by atoms with Crippen molar-refractivity contribution < 1.29 is 44.3 Å². The predicted octanol–water partition coefficient (Wildman–Crippen LogP) is 1.82. The number of aliphatic hydroxyl groups excluding tert-OH is 2. The Kier molecular flexibility index (Phi) is 7.73. The molecule has 0 aliphatic heterocycles. The molecule has 1 aromatic carbocycles. The number of ether oxygens (including phenoxy) is 1. The monoisotopic (exact) mass is 599 g/mol. The van der Waals surface area contributed by atoms with Crippen molar-refractivity contribution in [2.75, 3.05) is 33.1 Å². The van der Waals surface area contributed by atoms with Gasteiger partial charge in [0.15, 0.2) is 11.4 Å². The summed E-state index contributed by atoms with van der Waals surface area (Å²) in [5.74, 6) is -9.83. The quantitative estimate of drug-likeness (QED) is 0.245. The summed E-state index contributed by atoms with van der Waals surface area (Å²) in [7, 11) is 6.53. The van der Waals surface area contributed by atoms with Crippen LogP contribution in [-0.4, -0.2) is 94.7 Å². The fraction of sp³-hybridized carbons (Fsp3) is 0.548. The highest BCUT2D eigenvalue weighted by Gasteiger charge is 2.69. The third-order valence-corrected chi connectivity index (χ3v) is 9.02. The van der Waals surface area contributed by atoms with Gasteiger partial charge in [0.2, 0.25) is 5.78 Å². The van der Waals surface area contributed by atoms with Crippen LogP contribution in [0.4, 0.5) is 5.69 Å². The minimum absolute atomic E-state index is 0.0273. The molecule has 3 aliphatic rings. The lowest BCUT2D eigenvalue weighted by molar-refractivity contribution is -0.185. The molecule has 1 saturated carbocycles. The van der Waals surface area contributed by atoms with Gasteiger partial charge in [0.05, 0.1) is 17.5 Å². The lowest BCUT2D eigenvalue weighted by Gasteiger charge is -2.54. The number of Topliss-reactive ketones (excluding diaryl/α,β-unsaturated/α-hetero) is 2. The normalized spacial score (nSPS) is 28.9. The molecule has 6 N–H and O–H groups in total. The van der Waals surface area contributed by atoms with Crippen molar-refractivity contribution in [2.45, 2.75) is 70.1 Å². The van der Waals surface area contributed by atoms with Crippen molar-refractivity contribution in [3.63, 3.8) is 0 Å². The molecule has 1 amide bonds. The van der Waals surface area contributed by atoms with E-state index in [1.165, 1.54) is 19.0 Å². The minimum atomic E-state index is -2.98. The number of benzene rings is 1. The highest BCUT2D eigenvalue weighted by Crippen LogP contribution is 2.59. The standard InChI is InChI=1S/C31H41N3O9/c1-10-15(35)43-26-17-12(2)16-14(33(6)7)11-13(30(3,4)5)23(36)18(16)24(37)19(17)27(39)31(42)21(26)22(34(8)9)25(38)20(28(31)40)29(32)41/h11-12,17,21-22,26,36-37,40,42H,10H2,1-9H3,(H2,32,41)/t12-,17+,21+,22-,26-,31-/m1/s1. The van der Waals surface area contributed by atoms with Gasteiger partial charge in [0.1, 0.15) is 28.9 Å². The fourth-order valence-electron chi connectivity index (χ4n) is 7.03. The number of likely N-dealkylation sites (N-methyl/N-ethyl adjacent to an activating group) is 1. The van der Waals surface area contributed by atoms with Crippen LogP contribution in [0, 0.1) is 11.8 Å². The molecular weight excluding hydrogens is 558 g/mol. The van der Waals surface area contributed by atoms with Crippen LogP contribution < -0.4 is 10.6 Å². The molecule has 1 fully saturated rings. The first-order valence-electron chi connectivity index (χ1n) is 14.2. The van der Waals surface area contributed by atoms with E-state index in [4.69, 9.17) is 10.5 Å². The Bertz CT molecular complexity index is 1500. The Labute approximate surface area is 250 Å². The van der Waals surface area contributed by atoms with Crippen LogP contribution in [0.25, 0.3) is 5.76 Å². The summed E-state index contributed by atoms with van der Waals surface area (Å²) in [6.07, 6.45) is -1.53. The Morgan fingerprint density at radius 2 is 1.67 bits per heavy atom. The van der Waals surface area contributed by atoms with Gasteiger partial charge >= 0.3 is 5.97 Å². The molecule has 43 heavy (non-hydrogen) atoms. The number of fused-ring (bicyclic) bond motifs is 3. The molecule has 0 unspecified atom stereocenters. The zero-order valence-corrected chi connectivity index (χ0v) is 26.0. The van der Waals surface area contributed by atoms with E-state index in [1.54, 1.807) is 38.9 Å². The lowest BCUT2D eigenvalue weighted by atomic mass is 9.54. The molecule has 234 valence electrons. The second-order valence-electron chi connectivity index (χ2n) is 13.1. The number of nitrogens with two attached hydrogens (primary N) is 1. The molecule has 0 heterocycles. The summed E-state index contributed by atoms with van der Waals surface area (Å²) in [5, 5.41) is 46.9. The number of aromatic hydroxyl groups is 1. The average molecular weight is 600 g/mol. The summed E-state index contributed by atoms with van der Waals surface area (Å²) in [5.41, 5.74) is 2.07. The number of anilines is 1. The molecule has 12 heteroatoms. The van der Waals surface area contributed by atoms with Crippen LogP contribution in [-0.2, 0) is 29.3 Å². The maximum Gasteiger partial charge on any atom is 0.305 e. The van der Waals surface area contributed by atoms with Gasteiger partial charge in [-0.15, -0.1) is 0 Å². The molecule has 12 nitrogen and oxygen atoms in total. The number of hydrogen-bond donors (Lipinski definition) is 5. The number of primary amides is 1. The number of carbonyl (C=O) groups is 4. The van der Waals surface area contributed by atoms with Crippen LogP contribution in [0.15, 0.2) is 23.0 Å². The van der Waals surface area contributed by atoms with Crippen molar-refractivity contribution in [1.29, 1.82) is 0 Å². The van der Waals surface area contributed by atoms with Gasteiger partial charge in [-0.2, -0.15) is 0 Å². The van der Waals surface area contributed by atoms with Gasteiger partial charge in [0, 0.05) is 43.3 Å². The Morgan fingerprint density at radius 3 is 2.14 bits per heavy atom. The molecule has 0 saturated heterocycles. The highest BCUT2D eigenvalue weighted by atomic mass is 16.5. The van der Waals surface area contributed by atoms with Crippen molar-refractivity contribution in [3.8, 4) is 5.75 Å². The molecule has 0 radical (unpaired) electrons. The van der Waals surface area contributed by atoms with Gasteiger partial charge in [-0.05, 0) is 37.1 Å². The zero-order valence-electron chi connectivity index (χ0n) is 26.0. The number of rotatable bonds is 5. The van der Waals surface area contributed by atoms with E-state index in [0.29, 0.717) is 16.8 Å². The number of aliphatic hydroxyl groups is 3. The Hall–Kier alpha value is -3.90. The van der Waals surface area contributed by atoms with Crippen LogP contribution in [0.2, 0.25) is 0 Å². The van der Waals surface area contributed by atoms with Crippen molar-refractivity contribution in [3.05, 3.63) is 39.7 Å². The molecule has 1 aromatic rings. The topological polar surface area (TPSA) is 191 Å². The maximum absolute atomic E-state index is 14.5. The van der Waals surface area contributed by atoms with Crippen LogP contribution in [0.5, 0.6) is 5.75 Å². The number of esters is 1. The average Bonchev–Trinajstić information content (AvgIpc) is 2.88. The van der Waals surface area contributed by atoms with Crippen molar-refractivity contribution in [1.82, 2.24) is 4.90 Å². The van der Waals surface area contributed by atoms with E-state index < -0.39 is 87.0 Å². The smallest absolute Gasteiger partial charge is 0.305 e. The summed E-state index contributed by atoms with van der Waals surface area (Å²) >= 11 is 0. The number of hydrogen-bond acceptors (Lipinski definition) is 11. The van der Waals surface area contributed by atoms with E-state index >= 15 is 0 Å². The third-order valence-electron chi connectivity index (χ3n) is 9.02. The fourth-order valence-corrected chi connectivity index (χ4v) is 7.03. The second-order valence-corrected chi connectivity index (χ2v) is 13.1. The summed E-state index contributed by atoms with van der Waals surface area (Å²) in [4.78, 5) is 56.5. The Balaban J connectivity index is 2.19. The van der Waals surface area contributed by atoms with Crippen LogP contribution >= 0.6 is 0 Å². The van der Waals surface area contributed by atoms with Gasteiger partial charge in [0.25, 0.3) is 5.91 Å². The van der Waals surface area contributed by atoms with Crippen molar-refractivity contribution in [2.24, 2.45) is 17.6 Å². The molecule has 6 atom stereocenters. The van der Waals surface area contributed by atoms with Crippen molar-refractivity contribution >= 4 is 34.9 Å². The van der Waals surface area contributed by atoms with Crippen LogP contribution in [0.3, 0.4) is 0 Å². The molecule has 0 aromatic heterocycles. The van der Waals surface area contributed by atoms with E-state index in [0.717, 1.165) is 0 Å². The van der Waals surface area contributed by atoms with Gasteiger partial charge < -0.3 is 35.8 Å². The van der Waals surface area contributed by atoms with E-state index in [-0.39, 0.29) is 17.7 Å². The number of nitrogens with zero attached hydrogens (tertiary/aromatic N) is 2. The first kappa shape index (κ1) is 32.0. The number of amides is 1. The van der Waals surface area contributed by atoms with Gasteiger partial charge in [-0.25, -0.2) is 0 Å². The number of phenolic OH excluding ortho intramolecular Hbond substituents is 1. The third kappa shape index (κ3) is 4.41. The second kappa shape index (κ2) is 10.4. The molecule has 4 rings (SSSR count). The summed E-state index contributed by atoms with van der Waals surface area (Å²) in [6.45, 7) is 8.91. The highest BCUT2D eigenvalue weighted by molar-refractivity contribution is 6.24. The van der Waals surface area contributed by atoms with E-state index in [1.807, 2.05) is 20.8 Å². The summed E-state index contributed by atoms with van der Waals surface area (Å²) in [6, 6.07) is 0.376. The molecule has 0 bridgehead atoms. The summed E-state index contributed by atoms with van der Waals surface area (Å²) < 4.78 is 5.91. The van der Waals surface area contributed by atoms with E-state index in [2.05, 4.69) is 0 Å². The van der Waals surface area contributed by atoms with Gasteiger partial charge in [-0.1, -0.05) is 34.6 Å². The largest absolute Gasteiger partial charge is 0.508 e. The SMILES string of the molecule is CCC(=O)O[C@@H]1[C@@H]2C(=C(O)c3c(O)c(C(C)(C)C)cc(N(C)C)c3[C@H]2C)C(=O)[C@@]2(O)C(O)=C(C(N)=O)C(=O)[C@H](N(C)C)[C@@H]12. The van der Waals surface area contributed by atoms with Gasteiger partial charge in [-0.3, -0.25) is 24.1 Å². The minimum Gasteiger partial charge on any atom is -0.508 e. The molecular formula is C31H41N3O9. The Morgan fingerprint density at radius 1 is 1.09 bits per heavy atom. The first-order chi connectivity index (χ1) is 19.7.